The van der Waals surface area contributed by atoms with Crippen LogP contribution in [-0.2, 0) is 4.79 Å². The molecule has 13 heavy (non-hydrogen) atoms. The molecule has 1 aromatic carbocycles. The minimum Gasteiger partial charge on any atom is -0.425 e. The second kappa shape index (κ2) is 4.00. The summed E-state index contributed by atoms with van der Waals surface area (Å²) in [6.45, 7) is 1.50. The average Bonchev–Trinajstić information content (AvgIpc) is 2.04. The molecular formula is C9H10FNO2. The number of benzene rings is 1. The van der Waals surface area contributed by atoms with Crippen molar-refractivity contribution in [2.75, 3.05) is 0 Å². The third-order valence-corrected chi connectivity index (χ3v) is 1.39. The molecule has 1 atom stereocenters. The predicted octanol–water partition coefficient (Wildman–Crippen LogP) is 1.08. The largest absolute Gasteiger partial charge is 0.425 e. The van der Waals surface area contributed by atoms with Gasteiger partial charge in [0.05, 0.1) is 0 Å². The van der Waals surface area contributed by atoms with Gasteiger partial charge in [-0.3, -0.25) is 0 Å². The molecule has 0 bridgehead atoms. The molecule has 0 fully saturated rings. The lowest BCUT2D eigenvalue weighted by Crippen LogP contribution is -2.30. The summed E-state index contributed by atoms with van der Waals surface area (Å²) in [4.78, 5) is 11.0. The summed E-state index contributed by atoms with van der Waals surface area (Å²) < 4.78 is 17.3. The molecule has 0 aromatic heterocycles. The Morgan fingerprint density at radius 2 is 2.31 bits per heavy atom. The summed E-state index contributed by atoms with van der Waals surface area (Å²) in [5.74, 6) is -0.858. The second-order valence-corrected chi connectivity index (χ2v) is 2.67. The van der Waals surface area contributed by atoms with Gasteiger partial charge in [-0.15, -0.1) is 0 Å². The van der Waals surface area contributed by atoms with Crippen molar-refractivity contribution in [2.24, 2.45) is 5.73 Å². The van der Waals surface area contributed by atoms with Gasteiger partial charge in [0.2, 0.25) is 0 Å². The SMILES string of the molecule is C[C@@H](N)C(=O)Oc1cccc(F)c1. The first-order valence-electron chi connectivity index (χ1n) is 3.82. The van der Waals surface area contributed by atoms with Gasteiger partial charge in [0, 0.05) is 6.07 Å². The Labute approximate surface area is 75.3 Å². The van der Waals surface area contributed by atoms with Crippen LogP contribution in [0.1, 0.15) is 6.92 Å². The smallest absolute Gasteiger partial charge is 0.328 e. The molecule has 0 saturated carbocycles. The van der Waals surface area contributed by atoms with Crippen molar-refractivity contribution in [2.45, 2.75) is 13.0 Å². The normalized spacial score (nSPS) is 12.2. The van der Waals surface area contributed by atoms with E-state index in [9.17, 15) is 9.18 Å². The zero-order valence-corrected chi connectivity index (χ0v) is 7.16. The van der Waals surface area contributed by atoms with Crippen LogP contribution in [0.15, 0.2) is 24.3 Å². The van der Waals surface area contributed by atoms with Crippen LogP contribution in [0.25, 0.3) is 0 Å². The van der Waals surface area contributed by atoms with Crippen LogP contribution in [0.5, 0.6) is 5.75 Å². The van der Waals surface area contributed by atoms with Crippen LogP contribution in [-0.4, -0.2) is 12.0 Å². The molecule has 0 aliphatic heterocycles. The average molecular weight is 183 g/mol. The lowest BCUT2D eigenvalue weighted by molar-refractivity contribution is -0.135. The fourth-order valence-corrected chi connectivity index (χ4v) is 0.740. The van der Waals surface area contributed by atoms with E-state index in [2.05, 4.69) is 0 Å². The Balaban J connectivity index is 2.69. The number of rotatable bonds is 2. The van der Waals surface area contributed by atoms with Crippen molar-refractivity contribution in [3.8, 4) is 5.75 Å². The highest BCUT2D eigenvalue weighted by molar-refractivity contribution is 5.77. The maximum Gasteiger partial charge on any atom is 0.328 e. The molecule has 0 aliphatic rings. The summed E-state index contributed by atoms with van der Waals surface area (Å²) in [7, 11) is 0. The van der Waals surface area contributed by atoms with Crippen LogP contribution in [0.3, 0.4) is 0 Å². The summed E-state index contributed by atoms with van der Waals surface area (Å²) in [5, 5.41) is 0. The quantitative estimate of drug-likeness (QED) is 0.551. The van der Waals surface area contributed by atoms with E-state index in [-0.39, 0.29) is 5.75 Å². The van der Waals surface area contributed by atoms with Crippen LogP contribution < -0.4 is 10.5 Å². The van der Waals surface area contributed by atoms with Crippen molar-refractivity contribution in [1.82, 2.24) is 0 Å². The maximum atomic E-state index is 12.6. The van der Waals surface area contributed by atoms with Gasteiger partial charge in [0.15, 0.2) is 0 Å². The zero-order valence-electron chi connectivity index (χ0n) is 7.16. The highest BCUT2D eigenvalue weighted by Crippen LogP contribution is 2.12. The standard InChI is InChI=1S/C9H10FNO2/c1-6(11)9(12)13-8-4-2-3-7(10)5-8/h2-6H,11H2,1H3/t6-/m1/s1. The van der Waals surface area contributed by atoms with Gasteiger partial charge >= 0.3 is 5.97 Å². The summed E-state index contributed by atoms with van der Waals surface area (Å²) in [5.41, 5.74) is 5.25. The van der Waals surface area contributed by atoms with Crippen molar-refractivity contribution in [1.29, 1.82) is 0 Å². The number of carbonyl (C=O) groups excluding carboxylic acids is 1. The highest BCUT2D eigenvalue weighted by Gasteiger charge is 2.09. The first-order valence-corrected chi connectivity index (χ1v) is 3.82. The maximum absolute atomic E-state index is 12.6. The minimum absolute atomic E-state index is 0.169. The van der Waals surface area contributed by atoms with E-state index in [0.29, 0.717) is 0 Å². The number of hydrogen-bond acceptors (Lipinski definition) is 3. The first-order chi connectivity index (χ1) is 6.09. The number of halogens is 1. The fourth-order valence-electron chi connectivity index (χ4n) is 0.740. The number of esters is 1. The van der Waals surface area contributed by atoms with E-state index in [4.69, 9.17) is 10.5 Å². The van der Waals surface area contributed by atoms with E-state index in [1.54, 1.807) is 0 Å². The summed E-state index contributed by atoms with van der Waals surface area (Å²) in [6, 6.07) is 4.63. The van der Waals surface area contributed by atoms with Crippen LogP contribution in [0.2, 0.25) is 0 Å². The van der Waals surface area contributed by atoms with Crippen molar-refractivity contribution in [3.63, 3.8) is 0 Å². The molecule has 0 spiro atoms. The van der Waals surface area contributed by atoms with Gasteiger partial charge in [-0.1, -0.05) is 6.07 Å². The molecule has 70 valence electrons. The van der Waals surface area contributed by atoms with Gasteiger partial charge in [-0.2, -0.15) is 0 Å². The zero-order chi connectivity index (χ0) is 9.84. The van der Waals surface area contributed by atoms with Gasteiger partial charge in [0.1, 0.15) is 17.6 Å². The highest BCUT2D eigenvalue weighted by atomic mass is 19.1. The Bertz CT molecular complexity index is 312. The molecule has 0 aliphatic carbocycles. The number of ether oxygens (including phenoxy) is 1. The van der Waals surface area contributed by atoms with Gasteiger partial charge in [0.25, 0.3) is 0 Å². The molecular weight excluding hydrogens is 173 g/mol. The topological polar surface area (TPSA) is 52.3 Å². The van der Waals surface area contributed by atoms with E-state index in [1.165, 1.54) is 25.1 Å². The second-order valence-electron chi connectivity index (χ2n) is 2.67. The lowest BCUT2D eigenvalue weighted by atomic mass is 10.3. The molecule has 0 heterocycles. The van der Waals surface area contributed by atoms with Crippen LogP contribution in [0.4, 0.5) is 4.39 Å². The molecule has 0 unspecified atom stereocenters. The molecule has 0 amide bonds. The van der Waals surface area contributed by atoms with E-state index < -0.39 is 17.8 Å². The Morgan fingerprint density at radius 3 is 2.85 bits per heavy atom. The summed E-state index contributed by atoms with van der Waals surface area (Å²) in [6.07, 6.45) is 0. The fraction of sp³-hybridized carbons (Fsp3) is 0.222. The molecule has 2 N–H and O–H groups in total. The third-order valence-electron chi connectivity index (χ3n) is 1.39. The Morgan fingerprint density at radius 1 is 1.62 bits per heavy atom. The van der Waals surface area contributed by atoms with E-state index in [0.717, 1.165) is 6.07 Å². The lowest BCUT2D eigenvalue weighted by Gasteiger charge is -2.05. The number of carbonyl (C=O) groups is 1. The molecule has 4 heteroatoms. The summed E-state index contributed by atoms with van der Waals surface area (Å²) >= 11 is 0. The number of hydrogen-bond donors (Lipinski definition) is 1. The first kappa shape index (κ1) is 9.67. The molecule has 0 radical (unpaired) electrons. The van der Waals surface area contributed by atoms with Crippen molar-refractivity contribution < 1.29 is 13.9 Å². The monoisotopic (exact) mass is 183 g/mol. The van der Waals surface area contributed by atoms with Gasteiger partial charge in [-0.25, -0.2) is 9.18 Å². The number of nitrogens with two attached hydrogens (primary N) is 1. The van der Waals surface area contributed by atoms with E-state index in [1.807, 2.05) is 0 Å². The Kier molecular flexibility index (Phi) is 2.97. The predicted molar refractivity (Wildman–Crippen MR) is 45.7 cm³/mol. The molecule has 0 saturated heterocycles. The van der Waals surface area contributed by atoms with Crippen LogP contribution >= 0.6 is 0 Å². The van der Waals surface area contributed by atoms with Crippen molar-refractivity contribution >= 4 is 5.97 Å². The minimum atomic E-state index is -0.705. The van der Waals surface area contributed by atoms with E-state index >= 15 is 0 Å². The molecule has 3 nitrogen and oxygen atoms in total. The third kappa shape index (κ3) is 2.83. The van der Waals surface area contributed by atoms with Crippen molar-refractivity contribution in [3.05, 3.63) is 30.1 Å². The Hall–Kier alpha value is -1.42. The van der Waals surface area contributed by atoms with Crippen LogP contribution in [0, 0.1) is 5.82 Å². The molecule has 1 rings (SSSR count). The van der Waals surface area contributed by atoms with Gasteiger partial charge in [-0.05, 0) is 19.1 Å². The van der Waals surface area contributed by atoms with Gasteiger partial charge < -0.3 is 10.5 Å². The molecule has 1 aromatic rings.